The largest absolute Gasteiger partial charge is 0.452 e. The van der Waals surface area contributed by atoms with Crippen LogP contribution in [0.5, 0.6) is 0 Å². The Hall–Kier alpha value is -3.68. The summed E-state index contributed by atoms with van der Waals surface area (Å²) in [5.74, 6) is -2.36. The Bertz CT molecular complexity index is 1590. The van der Waals surface area contributed by atoms with Crippen LogP contribution in [0.1, 0.15) is 77.0 Å². The van der Waals surface area contributed by atoms with E-state index >= 15 is 0 Å². The van der Waals surface area contributed by atoms with Crippen LogP contribution in [0.2, 0.25) is 0 Å². The van der Waals surface area contributed by atoms with Crippen LogP contribution in [0.25, 0.3) is 17.0 Å². The minimum absolute atomic E-state index is 0.0271. The second kappa shape index (κ2) is 15.3. The molecule has 0 spiro atoms. The number of hydrogen-bond donors (Lipinski definition) is 2. The Kier molecular flexibility index (Phi) is 11.7. The van der Waals surface area contributed by atoms with E-state index in [1.807, 2.05) is 49.4 Å². The van der Waals surface area contributed by atoms with Crippen molar-refractivity contribution < 1.29 is 32.3 Å². The molecule has 2 aliphatic rings. The first-order chi connectivity index (χ1) is 21.7. The molecule has 4 rings (SSSR count). The van der Waals surface area contributed by atoms with Gasteiger partial charge in [-0.25, -0.2) is 18.1 Å². The lowest BCUT2D eigenvalue weighted by Gasteiger charge is -2.35. The summed E-state index contributed by atoms with van der Waals surface area (Å²) in [4.78, 5) is 57.4. The summed E-state index contributed by atoms with van der Waals surface area (Å²) < 4.78 is 31.6. The number of hydrazine groups is 1. The van der Waals surface area contributed by atoms with Crippen LogP contribution in [0, 0.1) is 5.92 Å². The Morgan fingerprint density at radius 1 is 1.02 bits per heavy atom. The minimum Gasteiger partial charge on any atom is -0.452 e. The first-order valence-electron chi connectivity index (χ1n) is 15.9. The number of aromatic nitrogens is 1. The number of cyclic esters (lactones) is 1. The van der Waals surface area contributed by atoms with Crippen LogP contribution in [-0.4, -0.2) is 90.4 Å². The Labute approximate surface area is 270 Å². The molecule has 2 aliphatic heterocycles. The van der Waals surface area contributed by atoms with E-state index in [4.69, 9.17) is 9.72 Å². The maximum absolute atomic E-state index is 13.4. The number of esters is 1. The normalized spacial score (nSPS) is 26.1. The second-order valence-corrected chi connectivity index (χ2v) is 14.5. The summed E-state index contributed by atoms with van der Waals surface area (Å²) in [6.45, 7) is 7.35. The van der Waals surface area contributed by atoms with E-state index in [-0.39, 0.29) is 37.6 Å². The van der Waals surface area contributed by atoms with Gasteiger partial charge in [-0.15, -0.1) is 0 Å². The van der Waals surface area contributed by atoms with Crippen LogP contribution in [0.15, 0.2) is 36.4 Å². The van der Waals surface area contributed by atoms with Gasteiger partial charge in [0.25, 0.3) is 11.8 Å². The van der Waals surface area contributed by atoms with Crippen molar-refractivity contribution in [2.45, 2.75) is 83.9 Å². The number of fused-ring (bicyclic) bond motifs is 4. The van der Waals surface area contributed by atoms with Gasteiger partial charge in [-0.05, 0) is 49.8 Å². The Morgan fingerprint density at radius 3 is 2.48 bits per heavy atom. The molecule has 1 saturated heterocycles. The fourth-order valence-electron chi connectivity index (χ4n) is 5.64. The number of sulfonamides is 1. The lowest BCUT2D eigenvalue weighted by molar-refractivity contribution is -0.159. The highest BCUT2D eigenvalue weighted by Gasteiger charge is 2.34. The molecule has 1 fully saturated rings. The first kappa shape index (κ1) is 35.2. The van der Waals surface area contributed by atoms with E-state index < -0.39 is 51.9 Å². The fraction of sp³-hybridized carbons (Fsp3) is 0.545. The van der Waals surface area contributed by atoms with E-state index in [0.717, 1.165) is 28.4 Å². The summed E-state index contributed by atoms with van der Waals surface area (Å²) >= 11 is 0. The zero-order valence-electron chi connectivity index (χ0n) is 27.2. The molecule has 4 atom stereocenters. The standard InChI is InChI=1S/C33H45N5O7S/c1-21(2)31-32(41)34-23(4)33(42)38-17-8-10-27(36-38)29(39)19-22(3)26-14-13-25-12-11-24(20-28(25)35-26)9-6-7-16-37(46(5,43)44)18-15-30(40)45-31/h6,9,11-14,20-23,27,31,36H,7-8,10,15-19H2,1-5H3,(H,34,41)/b9-6+/t22-,23-,27-,31?/m0/s1. The Balaban J connectivity index is 1.61. The third-order valence-electron chi connectivity index (χ3n) is 8.33. The van der Waals surface area contributed by atoms with Gasteiger partial charge in [0.05, 0.1) is 24.2 Å². The summed E-state index contributed by atoms with van der Waals surface area (Å²) in [6, 6.07) is 8.26. The maximum Gasteiger partial charge on any atom is 0.307 e. The van der Waals surface area contributed by atoms with Crippen molar-refractivity contribution in [2.24, 2.45) is 5.92 Å². The van der Waals surface area contributed by atoms with E-state index in [0.29, 0.717) is 25.8 Å². The van der Waals surface area contributed by atoms with Gasteiger partial charge in [0.1, 0.15) is 6.04 Å². The molecular formula is C33H45N5O7S. The van der Waals surface area contributed by atoms with Gasteiger partial charge >= 0.3 is 5.97 Å². The molecule has 1 aromatic heterocycles. The zero-order valence-corrected chi connectivity index (χ0v) is 28.0. The van der Waals surface area contributed by atoms with Crippen molar-refractivity contribution in [1.82, 2.24) is 25.0 Å². The van der Waals surface area contributed by atoms with Gasteiger partial charge in [-0.2, -0.15) is 0 Å². The van der Waals surface area contributed by atoms with Crippen LogP contribution >= 0.6 is 0 Å². The van der Waals surface area contributed by atoms with Crippen LogP contribution in [0.4, 0.5) is 0 Å². The predicted octanol–water partition coefficient (Wildman–Crippen LogP) is 2.93. The van der Waals surface area contributed by atoms with Crippen LogP contribution in [0.3, 0.4) is 0 Å². The van der Waals surface area contributed by atoms with E-state index in [9.17, 15) is 27.6 Å². The number of rotatable bonds is 2. The number of hydrogen-bond acceptors (Lipinski definition) is 9. The predicted molar refractivity (Wildman–Crippen MR) is 175 cm³/mol. The topological polar surface area (TPSA) is 155 Å². The number of benzene rings is 1. The van der Waals surface area contributed by atoms with Crippen molar-refractivity contribution in [3.05, 3.63) is 47.7 Å². The molecule has 2 amide bonds. The van der Waals surface area contributed by atoms with Gasteiger partial charge in [-0.1, -0.05) is 51.1 Å². The number of carbonyl (C=O) groups excluding carboxylic acids is 4. The average Bonchev–Trinajstić information content (AvgIpc) is 3.01. The molecule has 1 aromatic carbocycles. The summed E-state index contributed by atoms with van der Waals surface area (Å²) in [7, 11) is -3.62. The van der Waals surface area contributed by atoms with Crippen LogP contribution < -0.4 is 10.7 Å². The maximum atomic E-state index is 13.4. The number of Topliss-reactive ketones (excluding diaryl/α,β-unsaturated/α-hetero) is 1. The molecule has 250 valence electrons. The molecule has 2 N–H and O–H groups in total. The summed E-state index contributed by atoms with van der Waals surface area (Å²) in [5.41, 5.74) is 5.52. The first-order valence-corrected chi connectivity index (χ1v) is 17.7. The van der Waals surface area contributed by atoms with Crippen LogP contribution in [-0.2, 0) is 33.9 Å². The lowest BCUT2D eigenvalue weighted by atomic mass is 9.94. The number of nitrogens with one attached hydrogen (secondary N) is 2. The molecule has 3 heterocycles. The molecule has 1 unspecified atom stereocenters. The highest BCUT2D eigenvalue weighted by molar-refractivity contribution is 7.88. The number of amides is 2. The highest BCUT2D eigenvalue weighted by atomic mass is 32.2. The van der Waals surface area contributed by atoms with Gasteiger partial charge in [0, 0.05) is 43.1 Å². The smallest absolute Gasteiger partial charge is 0.307 e. The highest BCUT2D eigenvalue weighted by Crippen LogP contribution is 2.24. The number of pyridine rings is 1. The molecule has 5 bridgehead atoms. The SMILES string of the molecule is CC(C)C1OC(=O)CCN(S(C)(=O)=O)CC/C=C/c2ccc3ccc(nc3c2)[C@@H](C)CC(=O)[C@@H]2CCCN(N2)C(=O)[C@H](C)NC1=O. The number of nitrogens with zero attached hydrogens (tertiary/aromatic N) is 3. The van der Waals surface area contributed by atoms with E-state index in [2.05, 4.69) is 10.7 Å². The monoisotopic (exact) mass is 655 g/mol. The van der Waals surface area contributed by atoms with Crippen molar-refractivity contribution >= 4 is 50.6 Å². The molecule has 12 nitrogen and oxygen atoms in total. The third kappa shape index (κ3) is 9.20. The second-order valence-electron chi connectivity index (χ2n) is 12.6. The van der Waals surface area contributed by atoms with Crippen molar-refractivity contribution in [1.29, 1.82) is 0 Å². The van der Waals surface area contributed by atoms with Gasteiger partial charge in [0.15, 0.2) is 11.9 Å². The molecule has 0 aliphatic carbocycles. The molecular weight excluding hydrogens is 610 g/mol. The quantitative estimate of drug-likeness (QED) is 0.465. The molecule has 46 heavy (non-hydrogen) atoms. The number of carbonyl (C=O) groups is 4. The summed E-state index contributed by atoms with van der Waals surface area (Å²) in [6.07, 6.45) is 5.27. The third-order valence-corrected chi connectivity index (χ3v) is 9.64. The number of ether oxygens (including phenoxy) is 1. The molecule has 0 saturated carbocycles. The van der Waals surface area contributed by atoms with E-state index in [1.54, 1.807) is 13.8 Å². The molecule has 2 aromatic rings. The lowest BCUT2D eigenvalue weighted by Crippen LogP contribution is -2.60. The fourth-order valence-corrected chi connectivity index (χ4v) is 6.50. The van der Waals surface area contributed by atoms with Crippen molar-refractivity contribution in [2.75, 3.05) is 25.9 Å². The Morgan fingerprint density at radius 2 is 1.76 bits per heavy atom. The van der Waals surface area contributed by atoms with Gasteiger partial charge in [-0.3, -0.25) is 29.2 Å². The minimum atomic E-state index is -3.62. The summed E-state index contributed by atoms with van der Waals surface area (Å²) in [5, 5.41) is 4.98. The van der Waals surface area contributed by atoms with Crippen molar-refractivity contribution in [3.63, 3.8) is 0 Å². The van der Waals surface area contributed by atoms with E-state index in [1.165, 1.54) is 16.2 Å². The zero-order chi connectivity index (χ0) is 33.6. The average molecular weight is 656 g/mol. The van der Waals surface area contributed by atoms with Gasteiger partial charge in [0.2, 0.25) is 10.0 Å². The number of ketones is 1. The molecule has 0 radical (unpaired) electrons. The van der Waals surface area contributed by atoms with Gasteiger partial charge < -0.3 is 10.1 Å². The molecule has 13 heteroatoms. The van der Waals surface area contributed by atoms with Crippen molar-refractivity contribution in [3.8, 4) is 0 Å².